The summed E-state index contributed by atoms with van der Waals surface area (Å²) >= 11 is 0. The lowest BCUT2D eigenvalue weighted by atomic mass is 9.94. The molecule has 1 heterocycles. The third kappa shape index (κ3) is 2.87. The average Bonchev–Trinajstić information content (AvgIpc) is 2.85. The largest absolute Gasteiger partial charge is 0.361 e. The lowest BCUT2D eigenvalue weighted by Crippen LogP contribution is -2.34. The van der Waals surface area contributed by atoms with Crippen LogP contribution in [0.2, 0.25) is 0 Å². The fraction of sp³-hybridized carbons (Fsp3) is 0.438. The molecule has 100 valence electrons. The molecule has 2 aromatic rings. The number of Topliss-reactive ketones (excluding diaryl/α,β-unsaturated/α-hetero) is 1. The van der Waals surface area contributed by atoms with Gasteiger partial charge < -0.3 is 10.3 Å². The molecule has 0 radical (unpaired) electrons. The highest BCUT2D eigenvalue weighted by Gasteiger charge is 2.17. The summed E-state index contributed by atoms with van der Waals surface area (Å²) in [4.78, 5) is 14.5. The number of H-pyrrole nitrogens is 1. The molecule has 2 N–H and O–H groups in total. The van der Waals surface area contributed by atoms with Crippen molar-refractivity contribution in [1.29, 1.82) is 0 Å². The maximum Gasteiger partial charge on any atom is 0.133 e. The molecule has 1 saturated carbocycles. The number of aromatic amines is 1. The number of carbonyl (C=O) groups is 1. The van der Waals surface area contributed by atoms with Crippen LogP contribution in [0, 0.1) is 0 Å². The Balaban J connectivity index is 1.53. The number of aromatic nitrogens is 1. The third-order valence-electron chi connectivity index (χ3n) is 4.05. The molecule has 0 spiro atoms. The van der Waals surface area contributed by atoms with Crippen molar-refractivity contribution in [3.8, 4) is 0 Å². The van der Waals surface area contributed by atoms with Crippen LogP contribution in [-0.4, -0.2) is 23.4 Å². The molecule has 1 aromatic heterocycles. The van der Waals surface area contributed by atoms with Crippen LogP contribution in [0.3, 0.4) is 0 Å². The van der Waals surface area contributed by atoms with Gasteiger partial charge in [-0.25, -0.2) is 0 Å². The predicted octanol–water partition coefficient (Wildman–Crippen LogP) is 2.81. The Labute approximate surface area is 113 Å². The molecule has 19 heavy (non-hydrogen) atoms. The van der Waals surface area contributed by atoms with E-state index in [0.717, 1.165) is 38.6 Å². The smallest absolute Gasteiger partial charge is 0.133 e. The van der Waals surface area contributed by atoms with Crippen molar-refractivity contribution in [2.24, 2.45) is 0 Å². The number of carbonyl (C=O) groups excluding carboxylic acids is 1. The molecular weight excluding hydrogens is 236 g/mol. The minimum absolute atomic E-state index is 0.426. The van der Waals surface area contributed by atoms with E-state index in [1.165, 1.54) is 16.5 Å². The number of nitrogens with one attached hydrogen (secondary N) is 2. The summed E-state index contributed by atoms with van der Waals surface area (Å²) < 4.78 is 0. The van der Waals surface area contributed by atoms with E-state index < -0.39 is 0 Å². The molecule has 1 aliphatic rings. The van der Waals surface area contributed by atoms with Gasteiger partial charge in [0.2, 0.25) is 0 Å². The molecule has 0 saturated heterocycles. The molecule has 1 aromatic carbocycles. The maximum absolute atomic E-state index is 11.2. The molecular formula is C16H20N2O. The van der Waals surface area contributed by atoms with Crippen LogP contribution in [0.15, 0.2) is 30.5 Å². The molecule has 0 bridgehead atoms. The molecule has 3 nitrogen and oxygen atoms in total. The van der Waals surface area contributed by atoms with Gasteiger partial charge in [0.05, 0.1) is 0 Å². The number of ketones is 1. The zero-order chi connectivity index (χ0) is 13.1. The quantitative estimate of drug-likeness (QED) is 0.883. The zero-order valence-corrected chi connectivity index (χ0v) is 11.1. The fourth-order valence-electron chi connectivity index (χ4n) is 2.89. The molecule has 0 amide bonds. The van der Waals surface area contributed by atoms with E-state index in [1.54, 1.807) is 0 Å². The van der Waals surface area contributed by atoms with Crippen molar-refractivity contribution >= 4 is 16.7 Å². The summed E-state index contributed by atoms with van der Waals surface area (Å²) in [6.45, 7) is 0.987. The first-order chi connectivity index (χ1) is 9.33. The third-order valence-corrected chi connectivity index (χ3v) is 4.05. The van der Waals surface area contributed by atoms with Gasteiger partial charge in [-0.3, -0.25) is 4.79 Å². The Kier molecular flexibility index (Phi) is 3.65. The van der Waals surface area contributed by atoms with E-state index in [1.807, 2.05) is 0 Å². The van der Waals surface area contributed by atoms with Crippen molar-refractivity contribution in [3.05, 3.63) is 36.0 Å². The lowest BCUT2D eigenvalue weighted by Gasteiger charge is -2.22. The molecule has 0 aliphatic heterocycles. The van der Waals surface area contributed by atoms with Crippen molar-refractivity contribution in [3.63, 3.8) is 0 Å². The number of fused-ring (bicyclic) bond motifs is 1. The molecule has 3 heteroatoms. The number of hydrogen-bond acceptors (Lipinski definition) is 2. The second-order valence-electron chi connectivity index (χ2n) is 5.38. The first-order valence-corrected chi connectivity index (χ1v) is 7.13. The van der Waals surface area contributed by atoms with Crippen LogP contribution in [-0.2, 0) is 11.2 Å². The summed E-state index contributed by atoms with van der Waals surface area (Å²) in [5, 5.41) is 4.90. The average molecular weight is 256 g/mol. The summed E-state index contributed by atoms with van der Waals surface area (Å²) in [7, 11) is 0. The van der Waals surface area contributed by atoms with Gasteiger partial charge >= 0.3 is 0 Å². The SMILES string of the molecule is O=C1CCC(NCCc2c[nH]c3ccccc23)CC1. The van der Waals surface area contributed by atoms with Crippen molar-refractivity contribution in [2.45, 2.75) is 38.1 Å². The monoisotopic (exact) mass is 256 g/mol. The second kappa shape index (κ2) is 5.57. The molecule has 0 atom stereocenters. The Bertz CT molecular complexity index is 563. The van der Waals surface area contributed by atoms with E-state index in [9.17, 15) is 4.79 Å². The number of hydrogen-bond donors (Lipinski definition) is 2. The van der Waals surface area contributed by atoms with Crippen LogP contribution in [0.5, 0.6) is 0 Å². The van der Waals surface area contributed by atoms with Crippen molar-refractivity contribution in [1.82, 2.24) is 10.3 Å². The van der Waals surface area contributed by atoms with Crippen molar-refractivity contribution < 1.29 is 4.79 Å². The van der Waals surface area contributed by atoms with Crippen LogP contribution in [0.25, 0.3) is 10.9 Å². The minimum Gasteiger partial charge on any atom is -0.361 e. The van der Waals surface area contributed by atoms with Gasteiger partial charge in [0.1, 0.15) is 5.78 Å². The topological polar surface area (TPSA) is 44.9 Å². The highest BCUT2D eigenvalue weighted by atomic mass is 16.1. The molecule has 3 rings (SSSR count). The van der Waals surface area contributed by atoms with Gasteiger partial charge in [0.25, 0.3) is 0 Å². The number of rotatable bonds is 4. The van der Waals surface area contributed by atoms with Crippen LogP contribution < -0.4 is 5.32 Å². The van der Waals surface area contributed by atoms with Gasteiger partial charge in [-0.05, 0) is 37.4 Å². The Morgan fingerprint density at radius 1 is 1.21 bits per heavy atom. The summed E-state index contributed by atoms with van der Waals surface area (Å²) in [5.74, 6) is 0.426. The van der Waals surface area contributed by atoms with E-state index in [4.69, 9.17) is 0 Å². The lowest BCUT2D eigenvalue weighted by molar-refractivity contribution is -0.120. The maximum atomic E-state index is 11.2. The predicted molar refractivity (Wildman–Crippen MR) is 77.3 cm³/mol. The Morgan fingerprint density at radius 2 is 2.00 bits per heavy atom. The van der Waals surface area contributed by atoms with Gasteiger partial charge in [-0.15, -0.1) is 0 Å². The Morgan fingerprint density at radius 3 is 2.84 bits per heavy atom. The molecule has 1 fully saturated rings. The van der Waals surface area contributed by atoms with E-state index in [-0.39, 0.29) is 0 Å². The normalized spacial score (nSPS) is 17.2. The van der Waals surface area contributed by atoms with Gasteiger partial charge in [-0.2, -0.15) is 0 Å². The van der Waals surface area contributed by atoms with Crippen LogP contribution >= 0.6 is 0 Å². The van der Waals surface area contributed by atoms with E-state index in [0.29, 0.717) is 11.8 Å². The van der Waals surface area contributed by atoms with Gasteiger partial charge in [0.15, 0.2) is 0 Å². The first-order valence-electron chi connectivity index (χ1n) is 7.13. The minimum atomic E-state index is 0.426. The van der Waals surface area contributed by atoms with Crippen molar-refractivity contribution in [2.75, 3.05) is 6.54 Å². The summed E-state index contributed by atoms with van der Waals surface area (Å²) in [6, 6.07) is 8.95. The molecule has 0 unspecified atom stereocenters. The standard InChI is InChI=1S/C16H20N2O/c19-14-7-5-13(6-8-14)17-10-9-12-11-18-16-4-2-1-3-15(12)16/h1-4,11,13,17-18H,5-10H2. The van der Waals surface area contributed by atoms with Gasteiger partial charge in [0, 0.05) is 36.0 Å². The van der Waals surface area contributed by atoms with E-state index >= 15 is 0 Å². The highest BCUT2D eigenvalue weighted by molar-refractivity contribution is 5.83. The fourth-order valence-corrected chi connectivity index (χ4v) is 2.89. The zero-order valence-electron chi connectivity index (χ0n) is 11.1. The number of benzene rings is 1. The first kappa shape index (κ1) is 12.4. The summed E-state index contributed by atoms with van der Waals surface area (Å²) in [6.07, 6.45) is 6.67. The summed E-state index contributed by atoms with van der Waals surface area (Å²) in [5.41, 5.74) is 2.58. The van der Waals surface area contributed by atoms with E-state index in [2.05, 4.69) is 40.8 Å². The van der Waals surface area contributed by atoms with Crippen LogP contribution in [0.4, 0.5) is 0 Å². The van der Waals surface area contributed by atoms with Crippen LogP contribution in [0.1, 0.15) is 31.2 Å². The second-order valence-corrected chi connectivity index (χ2v) is 5.38. The number of para-hydroxylation sites is 1. The molecule has 1 aliphatic carbocycles. The van der Waals surface area contributed by atoms with Gasteiger partial charge in [-0.1, -0.05) is 18.2 Å². The highest BCUT2D eigenvalue weighted by Crippen LogP contribution is 2.18. The Hall–Kier alpha value is -1.61.